The van der Waals surface area contributed by atoms with Crippen LogP contribution in [0.2, 0.25) is 0 Å². The van der Waals surface area contributed by atoms with Crippen molar-refractivity contribution in [1.29, 1.82) is 0 Å². The highest BCUT2D eigenvalue weighted by molar-refractivity contribution is 8.00. The van der Waals surface area contributed by atoms with Crippen molar-refractivity contribution in [3.8, 4) is 0 Å². The Morgan fingerprint density at radius 3 is 2.52 bits per heavy atom. The lowest BCUT2D eigenvalue weighted by molar-refractivity contribution is -0.115. The van der Waals surface area contributed by atoms with Gasteiger partial charge in [0, 0.05) is 17.3 Å². The maximum atomic E-state index is 12.9. The van der Waals surface area contributed by atoms with E-state index < -0.39 is 11.2 Å². The molecule has 3 aromatic rings. The number of para-hydroxylation sites is 1. The molecule has 29 heavy (non-hydrogen) atoms. The lowest BCUT2D eigenvalue weighted by Crippen LogP contribution is -2.26. The number of anilines is 1. The van der Waals surface area contributed by atoms with Gasteiger partial charge in [-0.25, -0.2) is 4.98 Å². The minimum atomic E-state index is -0.521. The number of benzene rings is 2. The number of nitrogens with zero attached hydrogens (tertiary/aromatic N) is 2. The molecule has 2 amide bonds. The van der Waals surface area contributed by atoms with Crippen LogP contribution in [0.25, 0.3) is 10.9 Å². The van der Waals surface area contributed by atoms with Crippen LogP contribution in [-0.4, -0.2) is 26.6 Å². The maximum Gasteiger partial charge on any atom is 0.262 e. The van der Waals surface area contributed by atoms with Gasteiger partial charge < -0.3 is 11.1 Å². The number of carbonyl (C=O) groups is 2. The predicted molar refractivity (Wildman–Crippen MR) is 113 cm³/mol. The Labute approximate surface area is 171 Å². The van der Waals surface area contributed by atoms with Gasteiger partial charge in [-0.2, -0.15) is 0 Å². The van der Waals surface area contributed by atoms with Crippen LogP contribution in [-0.2, 0) is 4.79 Å². The number of amides is 2. The van der Waals surface area contributed by atoms with Gasteiger partial charge in [-0.05, 0) is 56.2 Å². The quantitative estimate of drug-likeness (QED) is 0.482. The minimum absolute atomic E-state index is 0.0600. The van der Waals surface area contributed by atoms with Gasteiger partial charge in [-0.3, -0.25) is 19.0 Å². The molecule has 7 nitrogen and oxygen atoms in total. The van der Waals surface area contributed by atoms with E-state index in [-0.39, 0.29) is 17.5 Å². The molecule has 0 aliphatic heterocycles. The number of hydrogen-bond donors (Lipinski definition) is 2. The third-order valence-electron chi connectivity index (χ3n) is 4.78. The molecule has 1 fully saturated rings. The lowest BCUT2D eigenvalue weighted by Gasteiger charge is -2.16. The molecule has 1 saturated carbocycles. The normalized spacial score (nSPS) is 14.5. The number of carbonyl (C=O) groups excluding carboxylic acids is 2. The molecule has 1 aliphatic rings. The van der Waals surface area contributed by atoms with Crippen LogP contribution in [0.3, 0.4) is 0 Å². The monoisotopic (exact) mass is 408 g/mol. The maximum absolute atomic E-state index is 12.9. The van der Waals surface area contributed by atoms with Crippen molar-refractivity contribution in [2.24, 2.45) is 5.73 Å². The van der Waals surface area contributed by atoms with Crippen LogP contribution in [0.15, 0.2) is 58.5 Å². The summed E-state index contributed by atoms with van der Waals surface area (Å²) in [5.74, 6) is -0.737. The number of thioether (sulfide) groups is 1. The first-order valence-corrected chi connectivity index (χ1v) is 10.2. The minimum Gasteiger partial charge on any atom is -0.366 e. The lowest BCUT2D eigenvalue weighted by atomic mass is 10.2. The Morgan fingerprint density at radius 2 is 1.86 bits per heavy atom. The summed E-state index contributed by atoms with van der Waals surface area (Å²) in [7, 11) is 0. The van der Waals surface area contributed by atoms with Gasteiger partial charge in [-0.15, -0.1) is 0 Å². The SMILES string of the molecule is C[C@H](Sc1nc2ccccc2c(=O)n1C1CC1)C(=O)Nc1ccc(C(N)=O)cc1. The highest BCUT2D eigenvalue weighted by Crippen LogP contribution is 2.37. The molecular weight excluding hydrogens is 388 g/mol. The van der Waals surface area contributed by atoms with E-state index in [4.69, 9.17) is 5.73 Å². The molecule has 0 saturated heterocycles. The van der Waals surface area contributed by atoms with Crippen molar-refractivity contribution in [3.63, 3.8) is 0 Å². The fourth-order valence-corrected chi connectivity index (χ4v) is 4.02. The van der Waals surface area contributed by atoms with Gasteiger partial charge in [0.15, 0.2) is 5.16 Å². The number of rotatable bonds is 6. The molecule has 148 valence electrons. The topological polar surface area (TPSA) is 107 Å². The standard InChI is InChI=1S/C21H20N4O3S/c1-12(19(27)23-14-8-6-13(7-9-14)18(22)26)29-21-24-17-5-3-2-4-16(17)20(28)25(21)15-10-11-15/h2-9,12,15H,10-11H2,1H3,(H2,22,26)(H,23,27)/t12-/m0/s1. The largest absolute Gasteiger partial charge is 0.366 e. The van der Waals surface area contributed by atoms with Gasteiger partial charge in [0.05, 0.1) is 16.2 Å². The van der Waals surface area contributed by atoms with E-state index in [2.05, 4.69) is 10.3 Å². The summed E-state index contributed by atoms with van der Waals surface area (Å²) in [5, 5.41) is 3.50. The Morgan fingerprint density at radius 1 is 1.17 bits per heavy atom. The molecule has 0 bridgehead atoms. The van der Waals surface area contributed by atoms with E-state index in [0.717, 1.165) is 12.8 Å². The first-order valence-electron chi connectivity index (χ1n) is 9.32. The van der Waals surface area contributed by atoms with E-state index in [0.29, 0.717) is 27.3 Å². The van der Waals surface area contributed by atoms with Crippen molar-refractivity contribution in [2.45, 2.75) is 36.2 Å². The molecule has 1 aliphatic carbocycles. The van der Waals surface area contributed by atoms with Crippen LogP contribution in [0, 0.1) is 0 Å². The van der Waals surface area contributed by atoms with Crippen LogP contribution in [0.5, 0.6) is 0 Å². The predicted octanol–water partition coefficient (Wildman–Crippen LogP) is 2.95. The first kappa shape index (κ1) is 19.2. The van der Waals surface area contributed by atoms with E-state index >= 15 is 0 Å². The first-order chi connectivity index (χ1) is 13.9. The second kappa shape index (κ2) is 7.71. The zero-order chi connectivity index (χ0) is 20.5. The molecule has 3 N–H and O–H groups in total. The van der Waals surface area contributed by atoms with Crippen molar-refractivity contribution in [1.82, 2.24) is 9.55 Å². The van der Waals surface area contributed by atoms with E-state index in [1.165, 1.54) is 11.8 Å². The Balaban J connectivity index is 1.56. The molecule has 0 spiro atoms. The van der Waals surface area contributed by atoms with Gasteiger partial charge in [-0.1, -0.05) is 23.9 Å². The summed E-state index contributed by atoms with van der Waals surface area (Å²) in [4.78, 5) is 41.4. The number of primary amides is 1. The van der Waals surface area contributed by atoms with Crippen molar-refractivity contribution in [2.75, 3.05) is 5.32 Å². The summed E-state index contributed by atoms with van der Waals surface area (Å²) in [6, 6.07) is 13.8. The molecule has 4 rings (SSSR count). The van der Waals surface area contributed by atoms with Gasteiger partial charge >= 0.3 is 0 Å². The van der Waals surface area contributed by atoms with E-state index in [1.807, 2.05) is 18.2 Å². The third-order valence-corrected chi connectivity index (χ3v) is 5.84. The molecule has 0 radical (unpaired) electrons. The van der Waals surface area contributed by atoms with Crippen molar-refractivity contribution in [3.05, 3.63) is 64.4 Å². The average molecular weight is 408 g/mol. The van der Waals surface area contributed by atoms with Crippen LogP contribution >= 0.6 is 11.8 Å². The van der Waals surface area contributed by atoms with Gasteiger partial charge in [0.25, 0.3) is 5.56 Å². The molecule has 1 atom stereocenters. The van der Waals surface area contributed by atoms with Crippen LogP contribution < -0.4 is 16.6 Å². The summed E-state index contributed by atoms with van der Waals surface area (Å²) in [6.45, 7) is 1.77. The number of nitrogens with one attached hydrogen (secondary N) is 1. The fourth-order valence-electron chi connectivity index (χ4n) is 3.04. The smallest absolute Gasteiger partial charge is 0.262 e. The van der Waals surface area contributed by atoms with E-state index in [1.54, 1.807) is 41.8 Å². The molecule has 1 heterocycles. The Bertz CT molecular complexity index is 1150. The molecule has 1 aromatic heterocycles. The molecular formula is C21H20N4O3S. The number of hydrogen-bond acceptors (Lipinski definition) is 5. The Kier molecular flexibility index (Phi) is 5.10. The summed E-state index contributed by atoms with van der Waals surface area (Å²) >= 11 is 1.27. The van der Waals surface area contributed by atoms with E-state index in [9.17, 15) is 14.4 Å². The highest BCUT2D eigenvalue weighted by atomic mass is 32.2. The fraction of sp³-hybridized carbons (Fsp3) is 0.238. The zero-order valence-electron chi connectivity index (χ0n) is 15.8. The highest BCUT2D eigenvalue weighted by Gasteiger charge is 2.30. The van der Waals surface area contributed by atoms with Gasteiger partial charge in [0.1, 0.15) is 0 Å². The van der Waals surface area contributed by atoms with Crippen molar-refractivity contribution >= 4 is 40.2 Å². The zero-order valence-corrected chi connectivity index (χ0v) is 16.6. The number of fused-ring (bicyclic) bond motifs is 1. The Hall–Kier alpha value is -3.13. The van der Waals surface area contributed by atoms with Gasteiger partial charge in [0.2, 0.25) is 11.8 Å². The third kappa shape index (κ3) is 4.02. The van der Waals surface area contributed by atoms with Crippen LogP contribution in [0.4, 0.5) is 5.69 Å². The number of nitrogens with two attached hydrogens (primary N) is 1. The molecule has 2 aromatic carbocycles. The van der Waals surface area contributed by atoms with Crippen LogP contribution in [0.1, 0.15) is 36.2 Å². The summed E-state index contributed by atoms with van der Waals surface area (Å²) < 4.78 is 1.72. The second-order valence-electron chi connectivity index (χ2n) is 7.01. The number of aromatic nitrogens is 2. The summed E-state index contributed by atoms with van der Waals surface area (Å²) in [5.41, 5.74) is 6.74. The molecule has 0 unspecified atom stereocenters. The molecule has 8 heteroatoms. The summed E-state index contributed by atoms with van der Waals surface area (Å²) in [6.07, 6.45) is 1.89. The average Bonchev–Trinajstić information content (AvgIpc) is 3.53. The second-order valence-corrected chi connectivity index (χ2v) is 8.32. The van der Waals surface area contributed by atoms with Crippen molar-refractivity contribution < 1.29 is 9.59 Å².